The molecule has 50 heavy (non-hydrogen) atoms. The molecular formula is C37H25F4N3O6. The number of carbonyl (C=O) groups excluding carboxylic acids is 1. The zero-order chi connectivity index (χ0) is 35.5. The Balaban J connectivity index is 1.42. The molecule has 0 fully saturated rings. The standard InChI is InChI=1S/C37H25F4N3O6/c1-20-13-21(2)15-23(14-20)35(30-9-12-34(42-30)49-32-10-5-24(38)16-28(32)40)31-18-27(36(43-31)50-33-11-6-25(39)17-29(33)41)37(45)48-19-22-3-7-26(8-4-22)44(46)47/h3-18,43H,19H2,1-2H3. The van der Waals surface area contributed by atoms with Gasteiger partial charge in [-0.1, -0.05) is 29.3 Å². The third kappa shape index (κ3) is 7.46. The van der Waals surface area contributed by atoms with Crippen molar-refractivity contribution in [2.75, 3.05) is 0 Å². The Morgan fingerprint density at radius 2 is 1.42 bits per heavy atom. The van der Waals surface area contributed by atoms with Crippen LogP contribution in [0, 0.1) is 47.2 Å². The summed E-state index contributed by atoms with van der Waals surface area (Å²) in [6.45, 7) is 3.51. The van der Waals surface area contributed by atoms with Gasteiger partial charge in [0.25, 0.3) is 5.69 Å². The number of nitro groups is 1. The van der Waals surface area contributed by atoms with Crippen molar-refractivity contribution in [3.05, 3.63) is 170 Å². The number of H-pyrrole nitrogens is 1. The lowest BCUT2D eigenvalue weighted by Gasteiger charge is -2.11. The number of nitrogens with one attached hydrogen (secondary N) is 1. The summed E-state index contributed by atoms with van der Waals surface area (Å²) in [6, 6.07) is 18.0. The Morgan fingerprint density at radius 1 is 0.800 bits per heavy atom. The van der Waals surface area contributed by atoms with E-state index in [0.29, 0.717) is 34.5 Å². The Morgan fingerprint density at radius 3 is 2.02 bits per heavy atom. The molecule has 4 aromatic carbocycles. The molecule has 0 bridgehead atoms. The van der Waals surface area contributed by atoms with Gasteiger partial charge in [-0.3, -0.25) is 10.1 Å². The number of carbonyl (C=O) groups is 1. The molecule has 252 valence electrons. The molecule has 1 aliphatic heterocycles. The summed E-state index contributed by atoms with van der Waals surface area (Å²) >= 11 is 0. The number of hydrogen-bond acceptors (Lipinski definition) is 7. The molecule has 1 aromatic heterocycles. The van der Waals surface area contributed by atoms with Gasteiger partial charge in [0.15, 0.2) is 23.1 Å². The van der Waals surface area contributed by atoms with Crippen molar-refractivity contribution in [3.8, 4) is 17.4 Å². The lowest BCUT2D eigenvalue weighted by Crippen LogP contribution is -2.06. The van der Waals surface area contributed by atoms with E-state index in [1.54, 1.807) is 6.08 Å². The van der Waals surface area contributed by atoms with Crippen LogP contribution in [0.5, 0.6) is 17.4 Å². The van der Waals surface area contributed by atoms with Crippen molar-refractivity contribution < 1.29 is 41.5 Å². The Hall–Kier alpha value is -6.50. The third-order valence-corrected chi connectivity index (χ3v) is 7.38. The molecule has 0 amide bonds. The van der Waals surface area contributed by atoms with E-state index in [-0.39, 0.29) is 46.8 Å². The SMILES string of the molecule is Cc1cc(C)cc(C(=C2C=CC(Oc3ccc(F)cc3F)=N2)c2cc(C(=O)OCc3ccc([N+](=O)[O-])cc3)c(Oc3ccc(F)cc3F)[nH]2)c1. The van der Waals surface area contributed by atoms with E-state index in [1.807, 2.05) is 32.0 Å². The maximum absolute atomic E-state index is 14.7. The van der Waals surface area contributed by atoms with Crippen molar-refractivity contribution >= 4 is 23.1 Å². The predicted molar refractivity (Wildman–Crippen MR) is 175 cm³/mol. The lowest BCUT2D eigenvalue weighted by molar-refractivity contribution is -0.384. The topological polar surface area (TPSA) is 116 Å². The molecule has 6 rings (SSSR count). The molecule has 0 atom stereocenters. The average molecular weight is 684 g/mol. The number of aliphatic imine (C=N–C) groups is 1. The Bertz CT molecular complexity index is 2220. The minimum Gasteiger partial charge on any atom is -0.457 e. The molecule has 0 aliphatic carbocycles. The van der Waals surface area contributed by atoms with Gasteiger partial charge in [0, 0.05) is 35.9 Å². The molecule has 2 heterocycles. The summed E-state index contributed by atoms with van der Waals surface area (Å²) < 4.78 is 73.1. The van der Waals surface area contributed by atoms with Gasteiger partial charge in [0.05, 0.1) is 16.3 Å². The zero-order valence-electron chi connectivity index (χ0n) is 26.3. The van der Waals surface area contributed by atoms with Gasteiger partial charge >= 0.3 is 5.97 Å². The highest BCUT2D eigenvalue weighted by Gasteiger charge is 2.25. The summed E-state index contributed by atoms with van der Waals surface area (Å²) in [6.07, 6.45) is 3.08. The molecule has 0 radical (unpaired) electrons. The van der Waals surface area contributed by atoms with Crippen molar-refractivity contribution in [2.24, 2.45) is 4.99 Å². The van der Waals surface area contributed by atoms with E-state index in [1.165, 1.54) is 36.4 Å². The van der Waals surface area contributed by atoms with E-state index < -0.39 is 34.2 Å². The number of non-ortho nitro benzene ring substituents is 1. The second kappa shape index (κ2) is 13.9. The summed E-state index contributed by atoms with van der Waals surface area (Å²) in [4.78, 5) is 31.5. The Kier molecular flexibility index (Phi) is 9.30. The fourth-order valence-electron chi connectivity index (χ4n) is 5.18. The maximum Gasteiger partial charge on any atom is 0.344 e. The maximum atomic E-state index is 14.7. The number of benzene rings is 4. The molecule has 1 N–H and O–H groups in total. The molecule has 13 heteroatoms. The predicted octanol–water partition coefficient (Wildman–Crippen LogP) is 9.05. The molecule has 1 aliphatic rings. The van der Waals surface area contributed by atoms with Gasteiger partial charge in [0.1, 0.15) is 23.8 Å². The number of nitro benzene ring substituents is 1. The van der Waals surface area contributed by atoms with Crippen LogP contribution in [-0.4, -0.2) is 21.8 Å². The second-order valence-corrected chi connectivity index (χ2v) is 11.2. The normalized spacial score (nSPS) is 13.2. The summed E-state index contributed by atoms with van der Waals surface area (Å²) in [5, 5.41) is 11.0. The van der Waals surface area contributed by atoms with Crippen LogP contribution >= 0.6 is 0 Å². The van der Waals surface area contributed by atoms with Crippen LogP contribution in [0.2, 0.25) is 0 Å². The molecule has 0 saturated carbocycles. The van der Waals surface area contributed by atoms with Crippen molar-refractivity contribution in [2.45, 2.75) is 20.5 Å². The summed E-state index contributed by atoms with van der Waals surface area (Å²) in [7, 11) is 0. The highest BCUT2D eigenvalue weighted by Crippen LogP contribution is 2.36. The Labute approximate surface area is 281 Å². The number of nitrogens with zero attached hydrogens (tertiary/aromatic N) is 2. The lowest BCUT2D eigenvalue weighted by atomic mass is 9.96. The molecular weight excluding hydrogens is 658 g/mol. The van der Waals surface area contributed by atoms with Crippen LogP contribution < -0.4 is 9.47 Å². The molecule has 5 aromatic rings. The second-order valence-electron chi connectivity index (χ2n) is 11.2. The van der Waals surface area contributed by atoms with Crippen molar-refractivity contribution in [3.63, 3.8) is 0 Å². The minimum absolute atomic E-state index is 0.00785. The summed E-state index contributed by atoms with van der Waals surface area (Å²) in [5.74, 6) is -5.35. The van der Waals surface area contributed by atoms with Gasteiger partial charge in [-0.2, -0.15) is 0 Å². The van der Waals surface area contributed by atoms with Gasteiger partial charge in [-0.15, -0.1) is 0 Å². The van der Waals surface area contributed by atoms with Gasteiger partial charge < -0.3 is 19.2 Å². The largest absolute Gasteiger partial charge is 0.457 e. The highest BCUT2D eigenvalue weighted by atomic mass is 19.1. The average Bonchev–Trinajstić information content (AvgIpc) is 3.70. The zero-order valence-corrected chi connectivity index (χ0v) is 26.3. The first kappa shape index (κ1) is 33.4. The number of rotatable bonds is 9. The van der Waals surface area contributed by atoms with Gasteiger partial charge in [-0.05, 0) is 73.5 Å². The molecule has 0 spiro atoms. The summed E-state index contributed by atoms with van der Waals surface area (Å²) in [5.41, 5.74) is 3.62. The number of hydrogen-bond donors (Lipinski definition) is 1. The third-order valence-electron chi connectivity index (χ3n) is 7.38. The minimum atomic E-state index is -1.03. The fourth-order valence-corrected chi connectivity index (χ4v) is 5.18. The number of aromatic amines is 1. The monoisotopic (exact) mass is 683 g/mol. The number of halogens is 4. The van der Waals surface area contributed by atoms with Crippen LogP contribution in [0.4, 0.5) is 23.2 Å². The smallest absolute Gasteiger partial charge is 0.344 e. The highest BCUT2D eigenvalue weighted by molar-refractivity contribution is 5.99. The van der Waals surface area contributed by atoms with Crippen LogP contribution in [0.1, 0.15) is 38.3 Å². The van der Waals surface area contributed by atoms with Gasteiger partial charge in [-0.25, -0.2) is 27.3 Å². The molecule has 0 unspecified atom stereocenters. The van der Waals surface area contributed by atoms with Crippen LogP contribution in [-0.2, 0) is 11.3 Å². The number of allylic oxidation sites excluding steroid dienone is 1. The fraction of sp³-hybridized carbons (Fsp3) is 0.0811. The quantitative estimate of drug-likeness (QED) is 0.0717. The number of esters is 1. The van der Waals surface area contributed by atoms with Gasteiger partial charge in [0.2, 0.25) is 11.8 Å². The van der Waals surface area contributed by atoms with E-state index in [4.69, 9.17) is 14.2 Å². The molecule has 9 nitrogen and oxygen atoms in total. The van der Waals surface area contributed by atoms with E-state index in [0.717, 1.165) is 35.4 Å². The first-order valence-electron chi connectivity index (χ1n) is 14.9. The van der Waals surface area contributed by atoms with E-state index in [9.17, 15) is 32.5 Å². The first-order chi connectivity index (χ1) is 23.9. The van der Waals surface area contributed by atoms with Crippen LogP contribution in [0.15, 0.2) is 108 Å². The first-order valence-corrected chi connectivity index (χ1v) is 14.9. The van der Waals surface area contributed by atoms with Crippen molar-refractivity contribution in [1.82, 2.24) is 4.98 Å². The van der Waals surface area contributed by atoms with Crippen LogP contribution in [0.3, 0.4) is 0 Å². The van der Waals surface area contributed by atoms with Crippen LogP contribution in [0.25, 0.3) is 5.57 Å². The van der Waals surface area contributed by atoms with Crippen molar-refractivity contribution in [1.29, 1.82) is 0 Å². The van der Waals surface area contributed by atoms with E-state index >= 15 is 0 Å². The number of ether oxygens (including phenoxy) is 3. The molecule has 0 saturated heterocycles. The van der Waals surface area contributed by atoms with E-state index in [2.05, 4.69) is 9.98 Å². The number of aromatic nitrogens is 1. The number of aryl methyl sites for hydroxylation is 2.